The van der Waals surface area contributed by atoms with Gasteiger partial charge in [-0.3, -0.25) is 14.6 Å². The Balaban J connectivity index is 1.18. The largest absolute Gasteiger partial charge is 0.497 e. The monoisotopic (exact) mass is 520 g/mol. The second-order valence-corrected chi connectivity index (χ2v) is 10.3. The molecule has 7 nitrogen and oxygen atoms in total. The Morgan fingerprint density at radius 2 is 1.79 bits per heavy atom. The van der Waals surface area contributed by atoms with Crippen molar-refractivity contribution in [3.05, 3.63) is 102 Å². The number of anilines is 1. The molecule has 0 saturated carbocycles. The molecule has 1 N–H and O–H groups in total. The van der Waals surface area contributed by atoms with Crippen LogP contribution in [0.25, 0.3) is 10.9 Å². The van der Waals surface area contributed by atoms with E-state index in [1.165, 1.54) is 0 Å². The lowest BCUT2D eigenvalue weighted by Gasteiger charge is -2.26. The summed E-state index contributed by atoms with van der Waals surface area (Å²) in [6.45, 7) is 2.72. The van der Waals surface area contributed by atoms with Crippen molar-refractivity contribution in [2.45, 2.75) is 44.4 Å². The van der Waals surface area contributed by atoms with Crippen LogP contribution in [-0.4, -0.2) is 52.3 Å². The van der Waals surface area contributed by atoms with E-state index in [2.05, 4.69) is 17.2 Å². The topological polar surface area (TPSA) is 74.8 Å². The number of hydrogen-bond donors (Lipinski definition) is 1. The van der Waals surface area contributed by atoms with E-state index in [0.717, 1.165) is 46.3 Å². The molecule has 0 radical (unpaired) electrons. The van der Waals surface area contributed by atoms with Crippen LogP contribution >= 0.6 is 0 Å². The average molecular weight is 521 g/mol. The van der Waals surface area contributed by atoms with Crippen molar-refractivity contribution >= 4 is 28.4 Å². The molecule has 4 aromatic rings. The van der Waals surface area contributed by atoms with Gasteiger partial charge in [0.15, 0.2) is 0 Å². The minimum atomic E-state index is -0.498. The summed E-state index contributed by atoms with van der Waals surface area (Å²) in [4.78, 5) is 35.5. The molecular formula is C32H32N4O3. The van der Waals surface area contributed by atoms with Crippen molar-refractivity contribution in [2.75, 3.05) is 19.0 Å². The third-order valence-electron chi connectivity index (χ3n) is 7.79. The van der Waals surface area contributed by atoms with E-state index < -0.39 is 6.04 Å². The van der Waals surface area contributed by atoms with Crippen molar-refractivity contribution in [1.29, 1.82) is 0 Å². The molecule has 198 valence electrons. The Kier molecular flexibility index (Phi) is 6.65. The quantitative estimate of drug-likeness (QED) is 0.319. The van der Waals surface area contributed by atoms with Crippen LogP contribution < -0.4 is 10.1 Å². The van der Waals surface area contributed by atoms with Crippen molar-refractivity contribution in [3.8, 4) is 5.75 Å². The van der Waals surface area contributed by atoms with Gasteiger partial charge in [0.1, 0.15) is 18.0 Å². The van der Waals surface area contributed by atoms with Crippen LogP contribution in [0.4, 0.5) is 5.69 Å². The highest BCUT2D eigenvalue weighted by atomic mass is 16.5. The molecule has 2 aliphatic heterocycles. The molecule has 2 aliphatic rings. The number of rotatable bonds is 9. The molecule has 3 atom stereocenters. The first kappa shape index (κ1) is 24.9. The van der Waals surface area contributed by atoms with Gasteiger partial charge in [-0.05, 0) is 43.5 Å². The van der Waals surface area contributed by atoms with Crippen molar-refractivity contribution in [1.82, 2.24) is 14.8 Å². The SMILES string of the molecule is COc1cc(NC(C)CCCN2C(=O)[C@H](Cc3ccccc3)N3C(=O)c4ccccc4[C@H]23)c2ncccc2c1. The predicted molar refractivity (Wildman–Crippen MR) is 152 cm³/mol. The van der Waals surface area contributed by atoms with Gasteiger partial charge in [-0.1, -0.05) is 54.6 Å². The molecule has 3 aromatic carbocycles. The highest BCUT2D eigenvalue weighted by Crippen LogP contribution is 2.43. The van der Waals surface area contributed by atoms with E-state index in [9.17, 15) is 9.59 Å². The molecule has 1 unspecified atom stereocenters. The van der Waals surface area contributed by atoms with Gasteiger partial charge >= 0.3 is 0 Å². The Morgan fingerprint density at radius 3 is 2.62 bits per heavy atom. The molecule has 39 heavy (non-hydrogen) atoms. The maximum Gasteiger partial charge on any atom is 0.256 e. The van der Waals surface area contributed by atoms with Crippen LogP contribution in [0.3, 0.4) is 0 Å². The summed E-state index contributed by atoms with van der Waals surface area (Å²) >= 11 is 0. The zero-order valence-electron chi connectivity index (χ0n) is 22.2. The summed E-state index contributed by atoms with van der Waals surface area (Å²) in [5.74, 6) is 0.747. The van der Waals surface area contributed by atoms with E-state index in [4.69, 9.17) is 4.74 Å². The number of carbonyl (C=O) groups is 2. The van der Waals surface area contributed by atoms with Gasteiger partial charge in [-0.15, -0.1) is 0 Å². The molecule has 0 spiro atoms. The first-order chi connectivity index (χ1) is 19.0. The van der Waals surface area contributed by atoms with Crippen molar-refractivity contribution < 1.29 is 14.3 Å². The van der Waals surface area contributed by atoms with E-state index in [1.807, 2.05) is 83.8 Å². The summed E-state index contributed by atoms with van der Waals surface area (Å²) in [5.41, 5.74) is 4.51. The lowest BCUT2D eigenvalue weighted by Crippen LogP contribution is -2.37. The highest BCUT2D eigenvalue weighted by molar-refractivity contribution is 6.04. The molecule has 0 aliphatic carbocycles. The van der Waals surface area contributed by atoms with Crippen LogP contribution in [0.15, 0.2) is 85.1 Å². The van der Waals surface area contributed by atoms with Crippen molar-refractivity contribution in [3.63, 3.8) is 0 Å². The maximum absolute atomic E-state index is 13.8. The normalized spacial score (nSPS) is 18.8. The standard InChI is InChI=1S/C32H32N4O3/c1-21(34-27-20-24(39-2)19-23-13-8-16-33-29(23)27)10-9-17-35-30-25-14-6-7-15-26(25)31(37)36(30)28(32(35)38)18-22-11-4-3-5-12-22/h3-8,11-16,19-21,28,30,34H,9-10,17-18H2,1-2H3/t21?,28-,30+/m0/s1. The van der Waals surface area contributed by atoms with Crippen LogP contribution in [0.1, 0.15) is 47.4 Å². The van der Waals surface area contributed by atoms with Crippen LogP contribution in [0.5, 0.6) is 5.75 Å². The summed E-state index contributed by atoms with van der Waals surface area (Å²) in [7, 11) is 1.66. The van der Waals surface area contributed by atoms with Crippen LogP contribution in [0.2, 0.25) is 0 Å². The van der Waals surface area contributed by atoms with Gasteiger partial charge in [-0.25, -0.2) is 0 Å². The second kappa shape index (κ2) is 10.4. The molecule has 1 fully saturated rings. The van der Waals surface area contributed by atoms with Crippen LogP contribution in [-0.2, 0) is 11.2 Å². The van der Waals surface area contributed by atoms with E-state index in [0.29, 0.717) is 18.5 Å². The molecule has 7 heteroatoms. The smallest absolute Gasteiger partial charge is 0.256 e. The third kappa shape index (κ3) is 4.58. The molecule has 6 rings (SSSR count). The average Bonchev–Trinajstić information content (AvgIpc) is 3.40. The lowest BCUT2D eigenvalue weighted by atomic mass is 10.0. The first-order valence-corrected chi connectivity index (χ1v) is 13.5. The fourth-order valence-corrected chi connectivity index (χ4v) is 5.93. The maximum atomic E-state index is 13.8. The van der Waals surface area contributed by atoms with Crippen molar-refractivity contribution in [2.24, 2.45) is 0 Å². The fraction of sp³-hybridized carbons (Fsp3) is 0.281. The van der Waals surface area contributed by atoms with E-state index in [1.54, 1.807) is 18.2 Å². The zero-order valence-corrected chi connectivity index (χ0v) is 22.2. The Bertz CT molecular complexity index is 1520. The zero-order chi connectivity index (χ0) is 26.9. The minimum Gasteiger partial charge on any atom is -0.497 e. The number of aromatic nitrogens is 1. The number of carbonyl (C=O) groups excluding carboxylic acids is 2. The first-order valence-electron chi connectivity index (χ1n) is 13.5. The second-order valence-electron chi connectivity index (χ2n) is 10.3. The van der Waals surface area contributed by atoms with Gasteiger partial charge in [0.25, 0.3) is 5.91 Å². The summed E-state index contributed by atoms with van der Waals surface area (Å²) < 4.78 is 5.49. The molecule has 1 aromatic heterocycles. The number of ether oxygens (including phenoxy) is 1. The predicted octanol–water partition coefficient (Wildman–Crippen LogP) is 5.43. The van der Waals surface area contributed by atoms with Gasteiger partial charge in [-0.2, -0.15) is 0 Å². The number of fused-ring (bicyclic) bond motifs is 4. The Morgan fingerprint density at radius 1 is 1.00 bits per heavy atom. The van der Waals surface area contributed by atoms with Crippen LogP contribution in [0, 0.1) is 0 Å². The number of nitrogens with one attached hydrogen (secondary N) is 1. The summed E-state index contributed by atoms with van der Waals surface area (Å²) in [6.07, 6.45) is 3.61. The number of nitrogens with zero attached hydrogens (tertiary/aromatic N) is 3. The minimum absolute atomic E-state index is 0.0234. The van der Waals surface area contributed by atoms with E-state index in [-0.39, 0.29) is 24.0 Å². The van der Waals surface area contributed by atoms with Gasteiger partial charge in [0.2, 0.25) is 5.91 Å². The molecule has 0 bridgehead atoms. The Labute approximate surface area is 228 Å². The van der Waals surface area contributed by atoms with Gasteiger partial charge < -0.3 is 19.9 Å². The fourth-order valence-electron chi connectivity index (χ4n) is 5.93. The number of methoxy groups -OCH3 is 1. The molecule has 2 amide bonds. The summed E-state index contributed by atoms with van der Waals surface area (Å²) in [5, 5.41) is 4.61. The van der Waals surface area contributed by atoms with Gasteiger partial charge in [0, 0.05) is 47.8 Å². The number of pyridine rings is 1. The number of amides is 2. The van der Waals surface area contributed by atoms with E-state index >= 15 is 0 Å². The van der Waals surface area contributed by atoms with Gasteiger partial charge in [0.05, 0.1) is 18.3 Å². The lowest BCUT2D eigenvalue weighted by molar-refractivity contribution is -0.130. The highest BCUT2D eigenvalue weighted by Gasteiger charge is 2.53. The molecule has 3 heterocycles. The number of benzene rings is 3. The third-order valence-corrected chi connectivity index (χ3v) is 7.79. The number of hydrogen-bond acceptors (Lipinski definition) is 5. The Hall–Kier alpha value is -4.39. The molecular weight excluding hydrogens is 488 g/mol. The molecule has 1 saturated heterocycles. The summed E-state index contributed by atoms with van der Waals surface area (Å²) in [6, 6.07) is 25.2.